The van der Waals surface area contributed by atoms with Crippen LogP contribution in [0.4, 0.5) is 0 Å². The van der Waals surface area contributed by atoms with Crippen LogP contribution in [0.2, 0.25) is 0 Å². The average molecular weight is 289 g/mol. The van der Waals surface area contributed by atoms with E-state index in [9.17, 15) is 14.7 Å². The Morgan fingerprint density at radius 1 is 1.38 bits per heavy atom. The Morgan fingerprint density at radius 3 is 2.67 bits per heavy atom. The molecule has 0 unspecified atom stereocenters. The van der Waals surface area contributed by atoms with Gasteiger partial charge in [0.25, 0.3) is 0 Å². The molecule has 2 aromatic rings. The van der Waals surface area contributed by atoms with Gasteiger partial charge >= 0.3 is 5.97 Å². The number of hydrogen-bond acceptors (Lipinski definition) is 3. The summed E-state index contributed by atoms with van der Waals surface area (Å²) in [5.74, 6) is -0.616. The van der Waals surface area contributed by atoms with Gasteiger partial charge in [0.2, 0.25) is 5.43 Å². The molecule has 0 aliphatic rings. The van der Waals surface area contributed by atoms with Gasteiger partial charge in [-0.3, -0.25) is 4.79 Å². The Balaban J connectivity index is 2.91. The minimum absolute atomic E-state index is 0.199. The Kier molecular flexibility index (Phi) is 4.31. The number of unbranched alkanes of at least 4 members (excludes halogenated alkanes) is 1. The quantitative estimate of drug-likeness (QED) is 0.919. The minimum Gasteiger partial charge on any atom is -0.495 e. The number of hydrogen-bond donors (Lipinski definition) is 1. The molecule has 1 heterocycles. The van der Waals surface area contributed by atoms with Crippen molar-refractivity contribution >= 4 is 16.9 Å². The first-order valence-corrected chi connectivity index (χ1v) is 6.95. The van der Waals surface area contributed by atoms with Crippen LogP contribution in [-0.4, -0.2) is 22.8 Å². The standard InChI is InChI=1S/C16H19NO4/c1-4-5-8-17-9-11(16(19)20)15(18)13-10(2)6-7-12(21-3)14(13)17/h6-7,9H,4-5,8H2,1-3H3,(H,19,20). The van der Waals surface area contributed by atoms with Crippen molar-refractivity contribution in [1.29, 1.82) is 0 Å². The predicted molar refractivity (Wildman–Crippen MR) is 81.4 cm³/mol. The summed E-state index contributed by atoms with van der Waals surface area (Å²) in [7, 11) is 1.55. The number of aryl methyl sites for hydroxylation is 2. The van der Waals surface area contributed by atoms with Crippen molar-refractivity contribution in [2.45, 2.75) is 33.2 Å². The number of pyridine rings is 1. The van der Waals surface area contributed by atoms with Gasteiger partial charge in [-0.1, -0.05) is 19.4 Å². The molecule has 1 aromatic heterocycles. The van der Waals surface area contributed by atoms with Gasteiger partial charge in [-0.25, -0.2) is 4.79 Å². The van der Waals surface area contributed by atoms with E-state index in [2.05, 4.69) is 6.92 Å². The number of aromatic nitrogens is 1. The SMILES string of the molecule is CCCCn1cc(C(=O)O)c(=O)c2c(C)ccc(OC)c21. The first-order valence-electron chi connectivity index (χ1n) is 6.95. The number of benzene rings is 1. The highest BCUT2D eigenvalue weighted by molar-refractivity contribution is 5.95. The molecule has 0 atom stereocenters. The molecule has 1 aromatic carbocycles. The smallest absolute Gasteiger partial charge is 0.341 e. The third-order valence-corrected chi connectivity index (χ3v) is 3.60. The van der Waals surface area contributed by atoms with Crippen molar-refractivity contribution in [3.63, 3.8) is 0 Å². The molecule has 0 fully saturated rings. The number of carboxylic acids is 1. The summed E-state index contributed by atoms with van der Waals surface area (Å²) < 4.78 is 7.17. The second-order valence-electron chi connectivity index (χ2n) is 5.03. The highest BCUT2D eigenvalue weighted by Gasteiger charge is 2.18. The fourth-order valence-corrected chi connectivity index (χ4v) is 2.48. The topological polar surface area (TPSA) is 68.5 Å². The van der Waals surface area contributed by atoms with Crippen LogP contribution in [0, 0.1) is 6.92 Å². The van der Waals surface area contributed by atoms with Gasteiger partial charge in [-0.05, 0) is 25.0 Å². The molecule has 0 saturated heterocycles. The van der Waals surface area contributed by atoms with Crippen LogP contribution in [0.3, 0.4) is 0 Å². The van der Waals surface area contributed by atoms with Gasteiger partial charge in [0, 0.05) is 12.7 Å². The first-order chi connectivity index (χ1) is 10.0. The monoisotopic (exact) mass is 289 g/mol. The Morgan fingerprint density at radius 2 is 2.10 bits per heavy atom. The lowest BCUT2D eigenvalue weighted by Crippen LogP contribution is -2.20. The number of fused-ring (bicyclic) bond motifs is 1. The average Bonchev–Trinajstić information content (AvgIpc) is 2.46. The maximum atomic E-state index is 12.4. The molecule has 0 saturated carbocycles. The number of carboxylic acid groups (broad SMARTS) is 1. The largest absolute Gasteiger partial charge is 0.495 e. The highest BCUT2D eigenvalue weighted by atomic mass is 16.5. The van der Waals surface area contributed by atoms with Crippen molar-refractivity contribution in [3.05, 3.63) is 39.7 Å². The molecular weight excluding hydrogens is 270 g/mol. The van der Waals surface area contributed by atoms with Crippen LogP contribution in [0.1, 0.15) is 35.7 Å². The third-order valence-electron chi connectivity index (χ3n) is 3.60. The van der Waals surface area contributed by atoms with E-state index >= 15 is 0 Å². The normalized spacial score (nSPS) is 10.8. The van der Waals surface area contributed by atoms with Gasteiger partial charge in [0.05, 0.1) is 18.0 Å². The van der Waals surface area contributed by atoms with E-state index in [1.54, 1.807) is 26.2 Å². The van der Waals surface area contributed by atoms with Crippen molar-refractivity contribution in [1.82, 2.24) is 4.57 Å². The number of nitrogens with zero attached hydrogens (tertiary/aromatic N) is 1. The van der Waals surface area contributed by atoms with Gasteiger partial charge in [-0.2, -0.15) is 0 Å². The number of rotatable bonds is 5. The molecule has 0 spiro atoms. The van der Waals surface area contributed by atoms with E-state index < -0.39 is 11.4 Å². The van der Waals surface area contributed by atoms with Gasteiger partial charge < -0.3 is 14.4 Å². The summed E-state index contributed by atoms with van der Waals surface area (Å²) in [4.78, 5) is 23.7. The summed E-state index contributed by atoms with van der Waals surface area (Å²) >= 11 is 0. The molecule has 0 radical (unpaired) electrons. The van der Waals surface area contributed by atoms with Crippen LogP contribution in [0.15, 0.2) is 23.1 Å². The lowest BCUT2D eigenvalue weighted by Gasteiger charge is -2.16. The zero-order valence-corrected chi connectivity index (χ0v) is 12.5. The summed E-state index contributed by atoms with van der Waals surface area (Å²) in [5.41, 5.74) is 0.765. The number of methoxy groups -OCH3 is 1. The Bertz CT molecular complexity index is 746. The first kappa shape index (κ1) is 15.1. The lowest BCUT2D eigenvalue weighted by atomic mass is 10.1. The minimum atomic E-state index is -1.20. The van der Waals surface area contributed by atoms with Gasteiger partial charge in [0.15, 0.2) is 0 Å². The maximum Gasteiger partial charge on any atom is 0.341 e. The van der Waals surface area contributed by atoms with Crippen molar-refractivity contribution in [2.75, 3.05) is 7.11 Å². The molecule has 21 heavy (non-hydrogen) atoms. The van der Waals surface area contributed by atoms with Gasteiger partial charge in [0.1, 0.15) is 11.3 Å². The molecule has 2 rings (SSSR count). The van der Waals surface area contributed by atoms with Crippen LogP contribution < -0.4 is 10.2 Å². The summed E-state index contributed by atoms with van der Waals surface area (Å²) in [5, 5.41) is 9.67. The van der Waals surface area contributed by atoms with E-state index in [1.165, 1.54) is 6.20 Å². The highest BCUT2D eigenvalue weighted by Crippen LogP contribution is 2.27. The molecule has 0 aliphatic heterocycles. The Labute approximate surface area is 122 Å². The molecule has 0 aliphatic carbocycles. The number of aromatic carboxylic acids is 1. The van der Waals surface area contributed by atoms with Gasteiger partial charge in [-0.15, -0.1) is 0 Å². The predicted octanol–water partition coefficient (Wildman–Crippen LogP) is 2.82. The molecule has 1 N–H and O–H groups in total. The lowest BCUT2D eigenvalue weighted by molar-refractivity contribution is 0.0695. The van der Waals surface area contributed by atoms with E-state index in [1.807, 2.05) is 4.57 Å². The zero-order chi connectivity index (χ0) is 15.6. The van der Waals surface area contributed by atoms with E-state index in [0.29, 0.717) is 23.2 Å². The zero-order valence-electron chi connectivity index (χ0n) is 12.5. The van der Waals surface area contributed by atoms with E-state index in [0.717, 1.165) is 18.4 Å². The molecule has 0 bridgehead atoms. The van der Waals surface area contributed by atoms with Crippen LogP contribution in [-0.2, 0) is 6.54 Å². The molecular formula is C16H19NO4. The molecule has 112 valence electrons. The van der Waals surface area contributed by atoms with Crippen molar-refractivity contribution in [3.8, 4) is 5.75 Å². The van der Waals surface area contributed by atoms with Crippen molar-refractivity contribution in [2.24, 2.45) is 0 Å². The third kappa shape index (κ3) is 2.63. The molecule has 5 heteroatoms. The van der Waals surface area contributed by atoms with Crippen LogP contribution in [0.25, 0.3) is 10.9 Å². The van der Waals surface area contributed by atoms with Crippen LogP contribution in [0.5, 0.6) is 5.75 Å². The summed E-state index contributed by atoms with van der Waals surface area (Å²) in [6.07, 6.45) is 3.29. The Hall–Kier alpha value is -2.30. The van der Waals surface area contributed by atoms with Crippen LogP contribution >= 0.6 is 0 Å². The summed E-state index contributed by atoms with van der Waals surface area (Å²) in [6.45, 7) is 4.51. The summed E-state index contributed by atoms with van der Waals surface area (Å²) in [6, 6.07) is 3.58. The maximum absolute atomic E-state index is 12.4. The fourth-order valence-electron chi connectivity index (χ4n) is 2.48. The van der Waals surface area contributed by atoms with E-state index in [-0.39, 0.29) is 5.56 Å². The van der Waals surface area contributed by atoms with E-state index in [4.69, 9.17) is 4.74 Å². The molecule has 5 nitrogen and oxygen atoms in total. The second kappa shape index (κ2) is 5.99. The number of carbonyl (C=O) groups is 1. The molecule has 0 amide bonds. The number of ether oxygens (including phenoxy) is 1. The van der Waals surface area contributed by atoms with Crippen molar-refractivity contribution < 1.29 is 14.6 Å². The second-order valence-corrected chi connectivity index (χ2v) is 5.03. The fraction of sp³-hybridized carbons (Fsp3) is 0.375.